The molecule has 0 aromatic heterocycles. The van der Waals surface area contributed by atoms with E-state index in [0.717, 1.165) is 11.1 Å². The summed E-state index contributed by atoms with van der Waals surface area (Å²) in [5, 5.41) is 24.6. The van der Waals surface area contributed by atoms with E-state index in [2.05, 4.69) is 5.32 Å². The van der Waals surface area contributed by atoms with Crippen LogP contribution in [0.2, 0.25) is 0 Å². The number of benzene rings is 3. The lowest BCUT2D eigenvalue weighted by atomic mass is 10.1. The van der Waals surface area contributed by atoms with Crippen LogP contribution in [0.3, 0.4) is 0 Å². The SMILES string of the molecule is Cc1ccc(S(=O)(=O)N(CC(C)C)[C@H](CO)CCCCNC(=O)N(Cc2ccccc2)Cc2ccccc2[N+](=O)[O-])cc1. The molecule has 3 rings (SSSR count). The first-order valence-electron chi connectivity index (χ1n) is 14.5. The fourth-order valence-corrected chi connectivity index (χ4v) is 6.63. The quantitative estimate of drug-likeness (QED) is 0.125. The summed E-state index contributed by atoms with van der Waals surface area (Å²) in [6.07, 6.45) is 1.56. The summed E-state index contributed by atoms with van der Waals surface area (Å²) in [6.45, 7) is 6.39. The van der Waals surface area contributed by atoms with Crippen LogP contribution in [0, 0.1) is 23.0 Å². The number of para-hydroxylation sites is 1. The van der Waals surface area contributed by atoms with E-state index >= 15 is 0 Å². The second-order valence-corrected chi connectivity index (χ2v) is 13.0. The van der Waals surface area contributed by atoms with Crippen LogP contribution in [0.25, 0.3) is 0 Å². The Morgan fingerprint density at radius 2 is 1.60 bits per heavy atom. The third-order valence-electron chi connectivity index (χ3n) is 7.08. The maximum atomic E-state index is 13.5. The summed E-state index contributed by atoms with van der Waals surface area (Å²) in [6, 6.07) is 21.5. The van der Waals surface area contributed by atoms with Gasteiger partial charge < -0.3 is 15.3 Å². The van der Waals surface area contributed by atoms with Gasteiger partial charge in [0.15, 0.2) is 0 Å². The molecule has 0 saturated heterocycles. The van der Waals surface area contributed by atoms with Crippen molar-refractivity contribution in [3.05, 3.63) is 106 Å². The third kappa shape index (κ3) is 9.87. The molecule has 2 amide bonds. The molecule has 0 unspecified atom stereocenters. The van der Waals surface area contributed by atoms with E-state index in [4.69, 9.17) is 0 Å². The number of hydrogen-bond acceptors (Lipinski definition) is 6. The van der Waals surface area contributed by atoms with Crippen molar-refractivity contribution in [1.29, 1.82) is 0 Å². The van der Waals surface area contributed by atoms with E-state index in [1.807, 2.05) is 51.1 Å². The fraction of sp³-hybridized carbons (Fsp3) is 0.406. The van der Waals surface area contributed by atoms with Crippen LogP contribution in [0.15, 0.2) is 83.8 Å². The van der Waals surface area contributed by atoms with Crippen LogP contribution in [0.5, 0.6) is 0 Å². The lowest BCUT2D eigenvalue weighted by molar-refractivity contribution is -0.385. The van der Waals surface area contributed by atoms with Gasteiger partial charge in [-0.05, 0) is 43.4 Å². The minimum atomic E-state index is -3.81. The summed E-state index contributed by atoms with van der Waals surface area (Å²) in [7, 11) is -3.81. The minimum Gasteiger partial charge on any atom is -0.395 e. The Morgan fingerprint density at radius 3 is 2.23 bits per heavy atom. The predicted octanol–water partition coefficient (Wildman–Crippen LogP) is 5.49. The molecule has 0 saturated carbocycles. The van der Waals surface area contributed by atoms with Gasteiger partial charge in [0.2, 0.25) is 10.0 Å². The second-order valence-electron chi connectivity index (χ2n) is 11.1. The first kappa shape index (κ1) is 33.7. The van der Waals surface area contributed by atoms with E-state index in [-0.39, 0.29) is 48.8 Å². The zero-order valence-electron chi connectivity index (χ0n) is 25.1. The van der Waals surface area contributed by atoms with Gasteiger partial charge in [0.1, 0.15) is 0 Å². The first-order chi connectivity index (χ1) is 20.5. The Morgan fingerprint density at radius 1 is 0.953 bits per heavy atom. The highest BCUT2D eigenvalue weighted by atomic mass is 32.2. The lowest BCUT2D eigenvalue weighted by Crippen LogP contribution is -2.44. The summed E-state index contributed by atoms with van der Waals surface area (Å²) in [5.74, 6) is 0.0598. The molecule has 2 N–H and O–H groups in total. The van der Waals surface area contributed by atoms with Gasteiger partial charge in [-0.2, -0.15) is 4.31 Å². The topological polar surface area (TPSA) is 133 Å². The van der Waals surface area contributed by atoms with E-state index in [9.17, 15) is 28.4 Å². The number of nitrogens with zero attached hydrogens (tertiary/aromatic N) is 3. The summed E-state index contributed by atoms with van der Waals surface area (Å²) >= 11 is 0. The Bertz CT molecular complexity index is 1430. The van der Waals surface area contributed by atoms with Crippen LogP contribution in [-0.2, 0) is 23.1 Å². The number of hydrogen-bond donors (Lipinski definition) is 2. The molecule has 0 radical (unpaired) electrons. The molecule has 1 atom stereocenters. The largest absolute Gasteiger partial charge is 0.395 e. The molecule has 11 heteroatoms. The Hall–Kier alpha value is -3.80. The normalized spacial score (nSPS) is 12.3. The number of unbranched alkanes of at least 4 members (excludes halogenated alkanes) is 1. The number of sulfonamides is 1. The van der Waals surface area contributed by atoms with Gasteiger partial charge in [-0.3, -0.25) is 10.1 Å². The van der Waals surface area contributed by atoms with Crippen molar-refractivity contribution in [2.75, 3.05) is 19.7 Å². The molecule has 3 aromatic rings. The second kappa shape index (κ2) is 16.2. The molecule has 0 fully saturated rings. The lowest BCUT2D eigenvalue weighted by Gasteiger charge is -2.31. The molecule has 0 aliphatic carbocycles. The van der Waals surface area contributed by atoms with Crippen LogP contribution >= 0.6 is 0 Å². The Kier molecular flexibility index (Phi) is 12.7. The highest BCUT2D eigenvalue weighted by Gasteiger charge is 2.31. The van der Waals surface area contributed by atoms with E-state index in [1.165, 1.54) is 15.3 Å². The average Bonchev–Trinajstić information content (AvgIpc) is 2.98. The van der Waals surface area contributed by atoms with Crippen molar-refractivity contribution in [3.63, 3.8) is 0 Å². The number of rotatable bonds is 16. The van der Waals surface area contributed by atoms with E-state index < -0.39 is 21.0 Å². The van der Waals surface area contributed by atoms with Gasteiger partial charge in [0.05, 0.1) is 23.0 Å². The van der Waals surface area contributed by atoms with Crippen LogP contribution in [0.4, 0.5) is 10.5 Å². The van der Waals surface area contributed by atoms with Gasteiger partial charge in [0.25, 0.3) is 5.69 Å². The van der Waals surface area contributed by atoms with Gasteiger partial charge in [0, 0.05) is 37.3 Å². The number of aliphatic hydroxyl groups is 1. The van der Waals surface area contributed by atoms with Gasteiger partial charge in [-0.25, -0.2) is 13.2 Å². The molecular formula is C32H42N4O6S. The van der Waals surface area contributed by atoms with Crippen LogP contribution < -0.4 is 5.32 Å². The number of nitro groups is 1. The first-order valence-corrected chi connectivity index (χ1v) is 15.9. The van der Waals surface area contributed by atoms with Crippen molar-refractivity contribution < 1.29 is 23.2 Å². The zero-order chi connectivity index (χ0) is 31.4. The molecule has 0 aliphatic heterocycles. The summed E-state index contributed by atoms with van der Waals surface area (Å²) in [4.78, 5) is 26.1. The number of carbonyl (C=O) groups excluding carboxylic acids is 1. The van der Waals surface area contributed by atoms with E-state index in [1.54, 1.807) is 42.5 Å². The molecule has 0 aliphatic rings. The maximum absolute atomic E-state index is 13.5. The highest BCUT2D eigenvalue weighted by Crippen LogP contribution is 2.23. The molecule has 232 valence electrons. The number of nitrogens with one attached hydrogen (secondary N) is 1. The zero-order valence-corrected chi connectivity index (χ0v) is 25.9. The number of aryl methyl sites for hydroxylation is 1. The standard InChI is InChI=1S/C32H42N4O6S/c1-25(2)21-35(43(41,42)30-18-16-26(3)17-19-30)29(24-37)14-9-10-20-33-32(38)34(22-27-11-5-4-6-12-27)23-28-13-7-8-15-31(28)36(39)40/h4-8,11-13,15-19,25,29,37H,9-10,14,20-24H2,1-3H3,(H,33,38)/t29-/m0/s1. The number of urea groups is 1. The van der Waals surface area contributed by atoms with Crippen LogP contribution in [-0.4, -0.2) is 59.4 Å². The average molecular weight is 611 g/mol. The predicted molar refractivity (Wildman–Crippen MR) is 167 cm³/mol. The summed E-state index contributed by atoms with van der Waals surface area (Å²) < 4.78 is 28.4. The smallest absolute Gasteiger partial charge is 0.318 e. The number of aliphatic hydroxyl groups excluding tert-OH is 1. The van der Waals surface area contributed by atoms with Gasteiger partial charge in [-0.1, -0.05) is 86.5 Å². The molecule has 0 bridgehead atoms. The molecule has 3 aromatic carbocycles. The monoisotopic (exact) mass is 610 g/mol. The van der Waals surface area contributed by atoms with Gasteiger partial charge >= 0.3 is 6.03 Å². The van der Waals surface area contributed by atoms with Crippen LogP contribution in [0.1, 0.15) is 49.8 Å². The maximum Gasteiger partial charge on any atom is 0.318 e. The Labute approximate surface area is 254 Å². The third-order valence-corrected chi connectivity index (χ3v) is 9.02. The highest BCUT2D eigenvalue weighted by molar-refractivity contribution is 7.89. The number of nitro benzene ring substituents is 1. The Balaban J connectivity index is 1.63. The molecular weight excluding hydrogens is 568 g/mol. The fourth-order valence-electron chi connectivity index (χ4n) is 4.82. The minimum absolute atomic E-state index is 0.0463. The van der Waals surface area contributed by atoms with Crippen molar-refractivity contribution in [2.45, 2.75) is 64.1 Å². The molecule has 10 nitrogen and oxygen atoms in total. The van der Waals surface area contributed by atoms with E-state index in [0.29, 0.717) is 31.4 Å². The van der Waals surface area contributed by atoms with Crippen molar-refractivity contribution >= 4 is 21.7 Å². The van der Waals surface area contributed by atoms with Crippen molar-refractivity contribution in [2.24, 2.45) is 5.92 Å². The molecule has 0 heterocycles. The van der Waals surface area contributed by atoms with Gasteiger partial charge in [-0.15, -0.1) is 0 Å². The van der Waals surface area contributed by atoms with Crippen molar-refractivity contribution in [3.8, 4) is 0 Å². The van der Waals surface area contributed by atoms with Crippen molar-refractivity contribution in [1.82, 2.24) is 14.5 Å². The molecule has 0 spiro atoms. The number of carbonyl (C=O) groups is 1. The number of amides is 2. The molecule has 43 heavy (non-hydrogen) atoms. The summed E-state index contributed by atoms with van der Waals surface area (Å²) in [5.41, 5.74) is 2.24.